The van der Waals surface area contributed by atoms with Gasteiger partial charge in [-0.05, 0) is 24.6 Å². The van der Waals surface area contributed by atoms with E-state index in [2.05, 4.69) is 5.10 Å². The number of benzene rings is 1. The fourth-order valence-electron chi connectivity index (χ4n) is 1.44. The van der Waals surface area contributed by atoms with Crippen molar-refractivity contribution in [2.75, 3.05) is 0 Å². The largest absolute Gasteiger partial charge is 0.452 e. The maximum Gasteiger partial charge on any atom is 0.165 e. The van der Waals surface area contributed by atoms with Crippen molar-refractivity contribution in [2.24, 2.45) is 7.05 Å². The first-order valence-electron chi connectivity index (χ1n) is 5.20. The van der Waals surface area contributed by atoms with Gasteiger partial charge in [-0.2, -0.15) is 5.10 Å². The van der Waals surface area contributed by atoms with Gasteiger partial charge in [-0.3, -0.25) is 4.68 Å². The van der Waals surface area contributed by atoms with Crippen LogP contribution >= 0.6 is 11.6 Å². The lowest BCUT2D eigenvalue weighted by molar-refractivity contribution is 0.199. The second-order valence-corrected chi connectivity index (χ2v) is 4.22. The first-order chi connectivity index (χ1) is 8.06. The molecule has 0 radical (unpaired) electrons. The monoisotopic (exact) mass is 252 g/mol. The van der Waals surface area contributed by atoms with E-state index < -0.39 is 6.10 Å². The average Bonchev–Trinajstić information content (AvgIpc) is 2.67. The molecular weight excluding hydrogens is 240 g/mol. The van der Waals surface area contributed by atoms with Crippen molar-refractivity contribution < 1.29 is 9.84 Å². The predicted molar refractivity (Wildman–Crippen MR) is 65.4 cm³/mol. The zero-order valence-electron chi connectivity index (χ0n) is 9.59. The number of halogens is 1. The van der Waals surface area contributed by atoms with E-state index in [4.69, 9.17) is 16.3 Å². The van der Waals surface area contributed by atoms with E-state index in [-0.39, 0.29) is 0 Å². The van der Waals surface area contributed by atoms with Crippen molar-refractivity contribution >= 4 is 11.6 Å². The third-order valence-corrected chi connectivity index (χ3v) is 2.64. The summed E-state index contributed by atoms with van der Waals surface area (Å²) in [5, 5.41) is 13.9. The summed E-state index contributed by atoms with van der Waals surface area (Å²) >= 11 is 6.07. The SMILES string of the molecule is C[C@H](O)c1ccc(Oc2cnn(C)c2)c(Cl)c1. The number of aliphatic hydroxyl groups is 1. The molecule has 1 aromatic carbocycles. The summed E-state index contributed by atoms with van der Waals surface area (Å²) in [5.41, 5.74) is 0.758. The van der Waals surface area contributed by atoms with Crippen LogP contribution in [0, 0.1) is 0 Å². The molecule has 1 atom stereocenters. The van der Waals surface area contributed by atoms with Gasteiger partial charge in [0.15, 0.2) is 5.75 Å². The number of aliphatic hydroxyl groups excluding tert-OH is 1. The molecule has 1 N–H and O–H groups in total. The van der Waals surface area contributed by atoms with E-state index in [0.717, 1.165) is 5.56 Å². The normalized spacial score (nSPS) is 12.5. The van der Waals surface area contributed by atoms with E-state index in [1.807, 2.05) is 7.05 Å². The quantitative estimate of drug-likeness (QED) is 0.914. The minimum absolute atomic E-state index is 0.465. The summed E-state index contributed by atoms with van der Waals surface area (Å²) in [6, 6.07) is 5.21. The number of rotatable bonds is 3. The number of ether oxygens (including phenoxy) is 1. The number of aromatic nitrogens is 2. The Balaban J connectivity index is 2.22. The molecule has 0 fully saturated rings. The minimum Gasteiger partial charge on any atom is -0.452 e. The highest BCUT2D eigenvalue weighted by Gasteiger charge is 2.08. The molecule has 0 saturated heterocycles. The number of hydrogen-bond donors (Lipinski definition) is 1. The Kier molecular flexibility index (Phi) is 3.36. The molecule has 0 spiro atoms. The van der Waals surface area contributed by atoms with Crippen molar-refractivity contribution in [2.45, 2.75) is 13.0 Å². The van der Waals surface area contributed by atoms with Crippen LogP contribution in [0.5, 0.6) is 11.5 Å². The molecule has 0 aliphatic heterocycles. The van der Waals surface area contributed by atoms with Crippen LogP contribution in [0.4, 0.5) is 0 Å². The molecule has 0 saturated carbocycles. The van der Waals surface area contributed by atoms with Crippen LogP contribution in [0.2, 0.25) is 5.02 Å². The van der Waals surface area contributed by atoms with Gasteiger partial charge in [0.25, 0.3) is 0 Å². The molecule has 0 aliphatic rings. The summed E-state index contributed by atoms with van der Waals surface area (Å²) in [6.45, 7) is 1.69. The zero-order chi connectivity index (χ0) is 12.4. The second kappa shape index (κ2) is 4.77. The summed E-state index contributed by atoms with van der Waals surface area (Å²) in [6.07, 6.45) is 2.82. The lowest BCUT2D eigenvalue weighted by Gasteiger charge is -2.09. The number of hydrogen-bond acceptors (Lipinski definition) is 3. The molecular formula is C12H13ClN2O2. The molecule has 2 rings (SSSR count). The van der Waals surface area contributed by atoms with Crippen LogP contribution in [0.3, 0.4) is 0 Å². The molecule has 0 amide bonds. The van der Waals surface area contributed by atoms with E-state index >= 15 is 0 Å². The standard InChI is InChI=1S/C12H13ClN2O2/c1-8(16)9-3-4-12(11(13)5-9)17-10-6-14-15(2)7-10/h3-8,16H,1-2H3/t8-/m0/s1. The molecule has 0 aliphatic carbocycles. The van der Waals surface area contributed by atoms with Gasteiger partial charge in [-0.1, -0.05) is 17.7 Å². The Bertz CT molecular complexity index is 523. The molecule has 17 heavy (non-hydrogen) atoms. The summed E-state index contributed by atoms with van der Waals surface area (Å²) < 4.78 is 7.21. The zero-order valence-corrected chi connectivity index (χ0v) is 10.3. The van der Waals surface area contributed by atoms with E-state index in [9.17, 15) is 5.11 Å². The van der Waals surface area contributed by atoms with E-state index in [0.29, 0.717) is 16.5 Å². The van der Waals surface area contributed by atoms with Crippen molar-refractivity contribution in [1.29, 1.82) is 0 Å². The Morgan fingerprint density at radius 3 is 2.76 bits per heavy atom. The highest BCUT2D eigenvalue weighted by molar-refractivity contribution is 6.32. The Labute approximate surface area is 104 Å². The van der Waals surface area contributed by atoms with E-state index in [1.54, 1.807) is 42.2 Å². The van der Waals surface area contributed by atoms with Crippen LogP contribution in [-0.4, -0.2) is 14.9 Å². The van der Waals surface area contributed by atoms with Crippen LogP contribution < -0.4 is 4.74 Å². The number of nitrogens with zero attached hydrogens (tertiary/aromatic N) is 2. The third-order valence-electron chi connectivity index (χ3n) is 2.35. The van der Waals surface area contributed by atoms with Gasteiger partial charge in [0.1, 0.15) is 5.75 Å². The van der Waals surface area contributed by atoms with Crippen molar-refractivity contribution in [3.8, 4) is 11.5 Å². The minimum atomic E-state index is -0.542. The maximum atomic E-state index is 9.42. The maximum absolute atomic E-state index is 9.42. The Hall–Kier alpha value is -1.52. The summed E-state index contributed by atoms with van der Waals surface area (Å²) in [4.78, 5) is 0. The average molecular weight is 253 g/mol. The molecule has 1 aromatic heterocycles. The van der Waals surface area contributed by atoms with Crippen LogP contribution in [0.25, 0.3) is 0 Å². The van der Waals surface area contributed by atoms with Gasteiger partial charge in [0.05, 0.1) is 23.5 Å². The van der Waals surface area contributed by atoms with E-state index in [1.165, 1.54) is 0 Å². The van der Waals surface area contributed by atoms with Crippen LogP contribution in [0.1, 0.15) is 18.6 Å². The molecule has 4 nitrogen and oxygen atoms in total. The lowest BCUT2D eigenvalue weighted by Crippen LogP contribution is -1.92. The third kappa shape index (κ3) is 2.78. The fourth-order valence-corrected chi connectivity index (χ4v) is 1.67. The lowest BCUT2D eigenvalue weighted by atomic mass is 10.1. The van der Waals surface area contributed by atoms with Crippen molar-refractivity contribution in [3.63, 3.8) is 0 Å². The highest BCUT2D eigenvalue weighted by Crippen LogP contribution is 2.31. The Morgan fingerprint density at radius 1 is 1.47 bits per heavy atom. The van der Waals surface area contributed by atoms with Gasteiger partial charge < -0.3 is 9.84 Å². The van der Waals surface area contributed by atoms with Crippen molar-refractivity contribution in [1.82, 2.24) is 9.78 Å². The molecule has 2 aromatic rings. The van der Waals surface area contributed by atoms with Gasteiger partial charge in [0.2, 0.25) is 0 Å². The van der Waals surface area contributed by atoms with Gasteiger partial charge >= 0.3 is 0 Å². The molecule has 1 heterocycles. The topological polar surface area (TPSA) is 47.3 Å². The first kappa shape index (κ1) is 12.0. The molecule has 0 unspecified atom stereocenters. The summed E-state index contributed by atoms with van der Waals surface area (Å²) in [7, 11) is 1.81. The second-order valence-electron chi connectivity index (χ2n) is 3.82. The van der Waals surface area contributed by atoms with Crippen LogP contribution in [-0.2, 0) is 7.05 Å². The highest BCUT2D eigenvalue weighted by atomic mass is 35.5. The predicted octanol–water partition coefficient (Wildman–Crippen LogP) is 2.92. The van der Waals surface area contributed by atoms with Gasteiger partial charge in [-0.25, -0.2) is 0 Å². The fraction of sp³-hybridized carbons (Fsp3) is 0.250. The van der Waals surface area contributed by atoms with Gasteiger partial charge in [0, 0.05) is 7.05 Å². The Morgan fingerprint density at radius 2 is 2.24 bits per heavy atom. The number of aryl methyl sites for hydroxylation is 1. The van der Waals surface area contributed by atoms with Gasteiger partial charge in [-0.15, -0.1) is 0 Å². The molecule has 0 bridgehead atoms. The van der Waals surface area contributed by atoms with Crippen molar-refractivity contribution in [3.05, 3.63) is 41.2 Å². The smallest absolute Gasteiger partial charge is 0.165 e. The van der Waals surface area contributed by atoms with Crippen LogP contribution in [0.15, 0.2) is 30.6 Å². The summed E-state index contributed by atoms with van der Waals surface area (Å²) in [5.74, 6) is 1.17. The molecule has 90 valence electrons. The first-order valence-corrected chi connectivity index (χ1v) is 5.58. The molecule has 5 heteroatoms.